The van der Waals surface area contributed by atoms with Crippen LogP contribution in [0.2, 0.25) is 0 Å². The van der Waals surface area contributed by atoms with E-state index in [2.05, 4.69) is 31.9 Å². The minimum atomic E-state index is -0.238. The van der Waals surface area contributed by atoms with Gasteiger partial charge in [-0.1, -0.05) is 0 Å². The smallest absolute Gasteiger partial charge is 0.265 e. The Labute approximate surface area is 139 Å². The van der Waals surface area contributed by atoms with Crippen LogP contribution in [-0.4, -0.2) is 17.0 Å². The molecule has 1 heterocycles. The van der Waals surface area contributed by atoms with E-state index >= 15 is 0 Å². The van der Waals surface area contributed by atoms with E-state index in [4.69, 9.17) is 4.74 Å². The van der Waals surface area contributed by atoms with Crippen molar-refractivity contribution in [3.63, 3.8) is 0 Å². The topological polar surface area (TPSA) is 48.3 Å². The van der Waals surface area contributed by atoms with Gasteiger partial charge in [-0.3, -0.25) is 9.59 Å². The number of nitrogens with zero attached hydrogens (tertiary/aromatic N) is 1. The molecule has 4 nitrogen and oxygen atoms in total. The summed E-state index contributed by atoms with van der Waals surface area (Å²) in [6, 6.07) is 8.55. The lowest BCUT2D eigenvalue weighted by Gasteiger charge is -2.07. The molecule has 1 aromatic heterocycles. The van der Waals surface area contributed by atoms with Crippen molar-refractivity contribution in [1.29, 1.82) is 0 Å². The van der Waals surface area contributed by atoms with Gasteiger partial charge in [0.25, 0.3) is 5.56 Å². The molecular weight excluding hydrogens is 402 g/mol. The first-order chi connectivity index (χ1) is 10.0. The highest BCUT2D eigenvalue weighted by molar-refractivity contribution is 9.11. The van der Waals surface area contributed by atoms with Gasteiger partial charge in [-0.05, 0) is 69.1 Å². The van der Waals surface area contributed by atoms with Crippen LogP contribution in [0.3, 0.4) is 0 Å². The number of aromatic nitrogens is 1. The Morgan fingerprint density at radius 1 is 1.24 bits per heavy atom. The second kappa shape index (κ2) is 7.04. The molecule has 0 spiro atoms. The van der Waals surface area contributed by atoms with Gasteiger partial charge in [0, 0.05) is 16.2 Å². The number of ether oxygens (including phenoxy) is 1. The third-order valence-corrected chi connectivity index (χ3v) is 3.81. The maximum atomic E-state index is 12.2. The van der Waals surface area contributed by atoms with Gasteiger partial charge in [0.15, 0.2) is 5.78 Å². The van der Waals surface area contributed by atoms with E-state index in [-0.39, 0.29) is 17.9 Å². The van der Waals surface area contributed by atoms with Crippen LogP contribution >= 0.6 is 31.9 Å². The van der Waals surface area contributed by atoms with Gasteiger partial charge in [0.1, 0.15) is 5.75 Å². The number of pyridine rings is 1. The third-order valence-electron chi connectivity index (χ3n) is 2.81. The van der Waals surface area contributed by atoms with E-state index in [1.807, 2.05) is 6.92 Å². The number of hydrogen-bond acceptors (Lipinski definition) is 3. The van der Waals surface area contributed by atoms with Gasteiger partial charge >= 0.3 is 0 Å². The molecule has 110 valence electrons. The Morgan fingerprint density at radius 2 is 1.90 bits per heavy atom. The van der Waals surface area contributed by atoms with Gasteiger partial charge < -0.3 is 9.30 Å². The van der Waals surface area contributed by atoms with Gasteiger partial charge in [0.2, 0.25) is 0 Å². The van der Waals surface area contributed by atoms with Crippen molar-refractivity contribution in [1.82, 2.24) is 4.57 Å². The number of benzene rings is 1. The van der Waals surface area contributed by atoms with Crippen molar-refractivity contribution in [3.8, 4) is 5.75 Å². The molecule has 0 fully saturated rings. The molecule has 0 radical (unpaired) electrons. The van der Waals surface area contributed by atoms with E-state index < -0.39 is 0 Å². The summed E-state index contributed by atoms with van der Waals surface area (Å²) in [5.41, 5.74) is 0.305. The van der Waals surface area contributed by atoms with Crippen LogP contribution in [0.1, 0.15) is 17.3 Å². The van der Waals surface area contributed by atoms with Gasteiger partial charge in [-0.15, -0.1) is 0 Å². The van der Waals surface area contributed by atoms with Crippen molar-refractivity contribution in [2.75, 3.05) is 6.61 Å². The summed E-state index contributed by atoms with van der Waals surface area (Å²) in [5.74, 6) is 0.585. The first kappa shape index (κ1) is 16.0. The van der Waals surface area contributed by atoms with Gasteiger partial charge in [0.05, 0.1) is 17.6 Å². The predicted octanol–water partition coefficient (Wildman–Crippen LogP) is 3.65. The number of hydrogen-bond donors (Lipinski definition) is 0. The van der Waals surface area contributed by atoms with E-state index in [0.717, 1.165) is 10.2 Å². The maximum Gasteiger partial charge on any atom is 0.265 e. The number of carbonyl (C=O) groups is 1. The third kappa shape index (κ3) is 4.04. The summed E-state index contributed by atoms with van der Waals surface area (Å²) in [5, 5.41) is 0. The molecule has 0 bridgehead atoms. The summed E-state index contributed by atoms with van der Waals surface area (Å²) in [7, 11) is 0. The van der Waals surface area contributed by atoms with Crippen LogP contribution in [-0.2, 0) is 6.54 Å². The molecule has 0 aliphatic carbocycles. The average Bonchev–Trinajstić information content (AvgIpc) is 2.45. The summed E-state index contributed by atoms with van der Waals surface area (Å²) < 4.78 is 7.84. The number of Topliss-reactive ketones (excluding diaryl/α,β-unsaturated/α-hetero) is 1. The first-order valence-electron chi connectivity index (χ1n) is 6.33. The van der Waals surface area contributed by atoms with Crippen LogP contribution in [0.15, 0.2) is 50.3 Å². The van der Waals surface area contributed by atoms with Crippen molar-refractivity contribution < 1.29 is 9.53 Å². The van der Waals surface area contributed by atoms with Gasteiger partial charge in [-0.25, -0.2) is 0 Å². The summed E-state index contributed by atoms with van der Waals surface area (Å²) in [4.78, 5) is 24.2. The van der Waals surface area contributed by atoms with Crippen molar-refractivity contribution in [3.05, 3.63) is 61.4 Å². The Balaban J connectivity index is 2.20. The Kier molecular flexibility index (Phi) is 5.36. The zero-order valence-corrected chi connectivity index (χ0v) is 14.5. The molecule has 2 aromatic rings. The molecule has 0 aliphatic rings. The van der Waals surface area contributed by atoms with Crippen molar-refractivity contribution in [2.45, 2.75) is 13.5 Å². The molecule has 0 saturated heterocycles. The van der Waals surface area contributed by atoms with E-state index in [1.54, 1.807) is 36.5 Å². The van der Waals surface area contributed by atoms with Crippen LogP contribution in [0.5, 0.6) is 5.75 Å². The number of carbonyl (C=O) groups excluding carboxylic acids is 1. The highest BCUT2D eigenvalue weighted by Gasteiger charge is 2.10. The minimum absolute atomic E-state index is 0.00907. The summed E-state index contributed by atoms with van der Waals surface area (Å²) in [6.45, 7) is 2.47. The molecule has 1 aromatic carbocycles. The van der Waals surface area contributed by atoms with E-state index in [9.17, 15) is 9.59 Å². The van der Waals surface area contributed by atoms with Gasteiger partial charge in [-0.2, -0.15) is 0 Å². The standard InChI is InChI=1S/C15H13Br2NO3/c1-2-21-12-5-3-10(4-6-12)14(19)9-18-8-11(16)7-13(17)15(18)20/h3-8H,2,9H2,1H3. The SMILES string of the molecule is CCOc1ccc(C(=O)Cn2cc(Br)cc(Br)c2=O)cc1. The number of rotatable bonds is 5. The molecular formula is C15H13Br2NO3. The highest BCUT2D eigenvalue weighted by atomic mass is 79.9. The van der Waals surface area contributed by atoms with Crippen molar-refractivity contribution in [2.24, 2.45) is 0 Å². The summed E-state index contributed by atoms with van der Waals surface area (Å²) in [6.07, 6.45) is 1.60. The second-order valence-electron chi connectivity index (χ2n) is 4.32. The summed E-state index contributed by atoms with van der Waals surface area (Å²) >= 11 is 6.48. The Morgan fingerprint density at radius 3 is 2.52 bits per heavy atom. The molecule has 2 rings (SSSR count). The predicted molar refractivity (Wildman–Crippen MR) is 88.0 cm³/mol. The minimum Gasteiger partial charge on any atom is -0.494 e. The molecule has 0 saturated carbocycles. The Hall–Kier alpha value is -1.40. The zero-order chi connectivity index (χ0) is 15.4. The average molecular weight is 415 g/mol. The molecule has 21 heavy (non-hydrogen) atoms. The monoisotopic (exact) mass is 413 g/mol. The van der Waals surface area contributed by atoms with Crippen LogP contribution < -0.4 is 10.3 Å². The molecule has 0 aliphatic heterocycles. The fourth-order valence-corrected chi connectivity index (χ4v) is 3.09. The molecule has 0 N–H and O–H groups in total. The normalized spacial score (nSPS) is 10.4. The maximum absolute atomic E-state index is 12.2. The quantitative estimate of drug-likeness (QED) is 0.701. The second-order valence-corrected chi connectivity index (χ2v) is 6.09. The van der Waals surface area contributed by atoms with E-state index in [1.165, 1.54) is 4.57 Å². The van der Waals surface area contributed by atoms with Crippen LogP contribution in [0, 0.1) is 0 Å². The fraction of sp³-hybridized carbons (Fsp3) is 0.200. The lowest BCUT2D eigenvalue weighted by molar-refractivity contribution is 0.0970. The lowest BCUT2D eigenvalue weighted by Crippen LogP contribution is -2.24. The molecule has 6 heteroatoms. The van der Waals surface area contributed by atoms with Crippen LogP contribution in [0.4, 0.5) is 0 Å². The first-order valence-corrected chi connectivity index (χ1v) is 7.91. The molecule has 0 atom stereocenters. The molecule has 0 amide bonds. The van der Waals surface area contributed by atoms with Crippen LogP contribution in [0.25, 0.3) is 0 Å². The number of halogens is 2. The Bertz CT molecular complexity index is 708. The zero-order valence-electron chi connectivity index (χ0n) is 11.3. The van der Waals surface area contributed by atoms with E-state index in [0.29, 0.717) is 16.6 Å². The number of ketones is 1. The lowest BCUT2D eigenvalue weighted by atomic mass is 10.1. The largest absolute Gasteiger partial charge is 0.494 e. The fourth-order valence-electron chi connectivity index (χ4n) is 1.83. The van der Waals surface area contributed by atoms with Crippen molar-refractivity contribution >= 4 is 37.6 Å². The highest BCUT2D eigenvalue weighted by Crippen LogP contribution is 2.15. The molecule has 0 unspecified atom stereocenters.